The van der Waals surface area contributed by atoms with E-state index >= 15 is 0 Å². The maximum Gasteiger partial charge on any atom is 0.349 e. The molecule has 2 aromatic heterocycles. The molecule has 2 atom stereocenters. The lowest BCUT2D eigenvalue weighted by Gasteiger charge is -2.31. The Morgan fingerprint density at radius 1 is 1.21 bits per heavy atom. The number of ether oxygens (including phenoxy) is 1. The second kappa shape index (κ2) is 11.3. The van der Waals surface area contributed by atoms with Gasteiger partial charge in [0.25, 0.3) is 0 Å². The number of phenolic OH excluding ortho intramolecular Hbond substituents is 1. The van der Waals surface area contributed by atoms with Gasteiger partial charge in [-0.2, -0.15) is 9.97 Å². The van der Waals surface area contributed by atoms with E-state index in [-0.39, 0.29) is 33.9 Å². The second-order valence-corrected chi connectivity index (χ2v) is 11.0. The van der Waals surface area contributed by atoms with Crippen LogP contribution >= 0.6 is 0 Å². The Hall–Kier alpha value is -4.09. The number of aromatic nitrogens is 2. The fourth-order valence-electron chi connectivity index (χ4n) is 6.26. The third-order valence-corrected chi connectivity index (χ3v) is 8.24. The number of phenols is 1. The molecule has 3 aliphatic heterocycles. The molecule has 4 aromatic rings. The molecule has 0 amide bonds. The molecule has 3 saturated heterocycles. The highest BCUT2D eigenvalue weighted by Gasteiger charge is 2.34. The first kappa shape index (κ1) is 28.0. The number of fused-ring (bicyclic) bond motifs is 3. The van der Waals surface area contributed by atoms with Crippen LogP contribution in [0.3, 0.4) is 0 Å². The molecule has 3 fully saturated rings. The molecule has 5 heterocycles. The zero-order valence-electron chi connectivity index (χ0n) is 23.6. The van der Waals surface area contributed by atoms with Gasteiger partial charge in [0.2, 0.25) is 0 Å². The molecule has 42 heavy (non-hydrogen) atoms. The molecule has 2 unspecified atom stereocenters. The average Bonchev–Trinajstić information content (AvgIpc) is 3.55. The summed E-state index contributed by atoms with van der Waals surface area (Å²) in [6.07, 6.45) is 2.81. The van der Waals surface area contributed by atoms with Crippen molar-refractivity contribution in [3.63, 3.8) is 0 Å². The number of hydrogen-bond donors (Lipinski definition) is 2. The van der Waals surface area contributed by atoms with E-state index in [0.29, 0.717) is 54.5 Å². The van der Waals surface area contributed by atoms with Crippen molar-refractivity contribution in [2.45, 2.75) is 38.4 Å². The summed E-state index contributed by atoms with van der Waals surface area (Å²) in [6, 6.07) is 8.06. The number of halogens is 2. The molecule has 0 radical (unpaired) electrons. The fraction of sp³-hybridized carbons (Fsp3) is 0.387. The molecule has 9 nitrogen and oxygen atoms in total. The van der Waals surface area contributed by atoms with Gasteiger partial charge in [-0.15, -0.1) is 0 Å². The van der Waals surface area contributed by atoms with Crippen LogP contribution in [0.5, 0.6) is 11.8 Å². The van der Waals surface area contributed by atoms with E-state index in [1.165, 1.54) is 38.2 Å². The maximum absolute atomic E-state index is 14.8. The van der Waals surface area contributed by atoms with Gasteiger partial charge in [0.05, 0.1) is 12.6 Å². The Morgan fingerprint density at radius 2 is 2.05 bits per heavy atom. The Balaban J connectivity index is 0.000000296. The Morgan fingerprint density at radius 3 is 2.81 bits per heavy atom. The maximum atomic E-state index is 14.8. The van der Waals surface area contributed by atoms with Crippen molar-refractivity contribution < 1.29 is 23.0 Å². The minimum Gasteiger partial charge on any atom is -0.508 e. The van der Waals surface area contributed by atoms with Gasteiger partial charge < -0.3 is 24.5 Å². The van der Waals surface area contributed by atoms with Crippen LogP contribution in [-0.2, 0) is 0 Å². The van der Waals surface area contributed by atoms with Crippen molar-refractivity contribution in [2.75, 3.05) is 44.7 Å². The molecule has 11 heteroatoms. The number of piperazine rings is 1. The van der Waals surface area contributed by atoms with Gasteiger partial charge in [-0.25, -0.2) is 13.6 Å². The molecule has 0 bridgehead atoms. The van der Waals surface area contributed by atoms with Crippen LogP contribution in [0.4, 0.5) is 14.6 Å². The van der Waals surface area contributed by atoms with Crippen molar-refractivity contribution in [2.24, 2.45) is 0 Å². The summed E-state index contributed by atoms with van der Waals surface area (Å²) in [7, 11) is 1.44. The van der Waals surface area contributed by atoms with Crippen molar-refractivity contribution in [3.05, 3.63) is 64.4 Å². The summed E-state index contributed by atoms with van der Waals surface area (Å²) in [4.78, 5) is 26.2. The number of aromatic hydroxyl groups is 1. The summed E-state index contributed by atoms with van der Waals surface area (Å²) in [6.45, 7) is 9.43. The number of methoxy groups -OCH3 is 1. The standard InChI is InChI=1S/C24H21FN4O4.C7H12FN/c1-12-11-26-7-8-29(12)22-19-20(27-24(28-22)32-3)13(2)21(33-23(19)31)16-10-15(30)9-14-5-4-6-17(25)18(14)16;8-6-4-7-2-1-3-9(7)5-6/h4-6,9-10,26,30H,1,7-8,11H2,2-3H3;6-7H,1-5H2. The van der Waals surface area contributed by atoms with E-state index in [2.05, 4.69) is 26.8 Å². The molecule has 220 valence electrons. The third-order valence-electron chi connectivity index (χ3n) is 8.24. The van der Waals surface area contributed by atoms with Gasteiger partial charge in [0, 0.05) is 54.4 Å². The van der Waals surface area contributed by atoms with Crippen LogP contribution in [0.1, 0.15) is 24.8 Å². The first-order valence-corrected chi connectivity index (χ1v) is 14.1. The van der Waals surface area contributed by atoms with E-state index in [9.17, 15) is 18.7 Å². The fourth-order valence-corrected chi connectivity index (χ4v) is 6.26. The van der Waals surface area contributed by atoms with E-state index in [0.717, 1.165) is 18.7 Å². The lowest BCUT2D eigenvalue weighted by molar-refractivity contribution is 0.292. The Bertz CT molecular complexity index is 1730. The van der Waals surface area contributed by atoms with Crippen molar-refractivity contribution in [1.29, 1.82) is 0 Å². The zero-order valence-corrected chi connectivity index (χ0v) is 23.6. The topological polar surface area (TPSA) is 104 Å². The number of aryl methyl sites for hydroxylation is 1. The normalized spacial score (nSPS) is 20.6. The van der Waals surface area contributed by atoms with E-state index in [1.54, 1.807) is 19.1 Å². The lowest BCUT2D eigenvalue weighted by atomic mass is 9.98. The van der Waals surface area contributed by atoms with Crippen molar-refractivity contribution in [3.8, 4) is 23.1 Å². The molecule has 7 rings (SSSR count). The second-order valence-electron chi connectivity index (χ2n) is 11.0. The monoisotopic (exact) mass is 577 g/mol. The molecule has 3 aliphatic rings. The predicted octanol–water partition coefficient (Wildman–Crippen LogP) is 4.68. The van der Waals surface area contributed by atoms with Gasteiger partial charge in [-0.1, -0.05) is 18.7 Å². The van der Waals surface area contributed by atoms with Crippen LogP contribution in [0.15, 0.2) is 51.8 Å². The van der Waals surface area contributed by atoms with Crippen molar-refractivity contribution >= 4 is 27.5 Å². The third kappa shape index (κ3) is 5.07. The number of benzene rings is 2. The number of rotatable bonds is 3. The predicted molar refractivity (Wildman–Crippen MR) is 157 cm³/mol. The molecular weight excluding hydrogens is 544 g/mol. The lowest BCUT2D eigenvalue weighted by Crippen LogP contribution is -2.42. The summed E-state index contributed by atoms with van der Waals surface area (Å²) < 4.78 is 38.5. The summed E-state index contributed by atoms with van der Waals surface area (Å²) in [5.74, 6) is -0.117. The van der Waals surface area contributed by atoms with Crippen LogP contribution < -0.4 is 20.6 Å². The quantitative estimate of drug-likeness (QED) is 0.359. The van der Waals surface area contributed by atoms with Crippen LogP contribution in [-0.4, -0.2) is 72.0 Å². The molecule has 0 spiro atoms. The first-order valence-electron chi connectivity index (χ1n) is 14.1. The Labute approximate surface area is 241 Å². The molecule has 0 saturated carbocycles. The Kier molecular flexibility index (Phi) is 7.54. The molecule has 0 aliphatic carbocycles. The zero-order chi connectivity index (χ0) is 29.5. The van der Waals surface area contributed by atoms with Gasteiger partial charge in [0.1, 0.15) is 28.9 Å². The van der Waals surface area contributed by atoms with E-state index < -0.39 is 17.6 Å². The minimum absolute atomic E-state index is 0.0791. The molecule has 2 N–H and O–H groups in total. The van der Waals surface area contributed by atoms with E-state index in [1.807, 2.05) is 4.90 Å². The summed E-state index contributed by atoms with van der Waals surface area (Å²) in [5, 5.41) is 14.4. The first-order chi connectivity index (χ1) is 20.2. The smallest absolute Gasteiger partial charge is 0.349 e. The SMILES string of the molecule is C=C1CNCCN1c1nc(OC)nc2c(C)c(-c3cc(O)cc4cccc(F)c34)oc(=O)c12.FC1CC2CCCN2C1. The number of alkyl halides is 1. The summed E-state index contributed by atoms with van der Waals surface area (Å²) in [5.41, 5.74) is 1.13. The van der Waals surface area contributed by atoms with Gasteiger partial charge >= 0.3 is 11.6 Å². The summed E-state index contributed by atoms with van der Waals surface area (Å²) >= 11 is 0. The van der Waals surface area contributed by atoms with Crippen molar-refractivity contribution in [1.82, 2.24) is 20.2 Å². The van der Waals surface area contributed by atoms with Gasteiger partial charge in [0.15, 0.2) is 5.82 Å². The average molecular weight is 578 g/mol. The molecule has 2 aromatic carbocycles. The molecular formula is C31H33F2N5O4. The highest BCUT2D eigenvalue weighted by atomic mass is 19.1. The van der Waals surface area contributed by atoms with Crippen LogP contribution in [0.2, 0.25) is 0 Å². The number of nitrogens with one attached hydrogen (secondary N) is 1. The van der Waals surface area contributed by atoms with Gasteiger partial charge in [-0.05, 0) is 56.3 Å². The largest absolute Gasteiger partial charge is 0.508 e. The van der Waals surface area contributed by atoms with Crippen LogP contribution in [0.25, 0.3) is 33.0 Å². The number of hydrogen-bond acceptors (Lipinski definition) is 9. The number of anilines is 1. The van der Waals surface area contributed by atoms with Gasteiger partial charge in [-0.3, -0.25) is 4.90 Å². The number of nitrogens with zero attached hydrogens (tertiary/aromatic N) is 4. The highest BCUT2D eigenvalue weighted by Crippen LogP contribution is 2.38. The van der Waals surface area contributed by atoms with E-state index in [4.69, 9.17) is 9.15 Å². The van der Waals surface area contributed by atoms with Crippen LogP contribution in [0, 0.1) is 12.7 Å². The highest BCUT2D eigenvalue weighted by molar-refractivity contribution is 6.01. The minimum atomic E-state index is -0.678.